The predicted octanol–water partition coefficient (Wildman–Crippen LogP) is 0.535. The molecule has 0 bridgehead atoms. The zero-order chi connectivity index (χ0) is 8.81. The number of nitrogens with zero attached hydrogens (tertiary/aromatic N) is 1. The third-order valence-electron chi connectivity index (χ3n) is 1.52. The molecule has 1 aromatic rings. The second kappa shape index (κ2) is 4.90. The number of hydrogen-bond donors (Lipinski definition) is 2. The van der Waals surface area contributed by atoms with Crippen molar-refractivity contribution >= 4 is 0 Å². The molecule has 0 fully saturated rings. The second-order valence-electron chi connectivity index (χ2n) is 2.78. The Kier molecular flexibility index (Phi) is 3.76. The molecule has 0 aromatic carbocycles. The van der Waals surface area contributed by atoms with E-state index in [9.17, 15) is 0 Å². The van der Waals surface area contributed by atoms with E-state index in [1.165, 1.54) is 6.39 Å². The van der Waals surface area contributed by atoms with E-state index in [4.69, 9.17) is 9.52 Å². The van der Waals surface area contributed by atoms with Gasteiger partial charge in [0.2, 0.25) is 0 Å². The molecule has 0 spiro atoms. The van der Waals surface area contributed by atoms with Gasteiger partial charge in [-0.15, -0.1) is 0 Å². The third-order valence-corrected chi connectivity index (χ3v) is 1.52. The minimum atomic E-state index is -0.243. The molecule has 4 nitrogen and oxygen atoms in total. The van der Waals surface area contributed by atoms with Crippen LogP contribution >= 0.6 is 0 Å². The van der Waals surface area contributed by atoms with E-state index in [1.807, 2.05) is 0 Å². The summed E-state index contributed by atoms with van der Waals surface area (Å²) in [5, 5.41) is 12.1. The Morgan fingerprint density at radius 2 is 2.58 bits per heavy atom. The molecular weight excluding hydrogens is 156 g/mol. The van der Waals surface area contributed by atoms with Crippen LogP contribution in [0.15, 0.2) is 17.0 Å². The zero-order valence-corrected chi connectivity index (χ0v) is 7.16. The fourth-order valence-corrected chi connectivity index (χ4v) is 0.852. The van der Waals surface area contributed by atoms with Gasteiger partial charge in [0.05, 0.1) is 18.8 Å². The normalized spacial score (nSPS) is 13.2. The molecule has 1 unspecified atom stereocenters. The van der Waals surface area contributed by atoms with E-state index in [2.05, 4.69) is 10.3 Å². The largest absolute Gasteiger partial charge is 0.447 e. The number of rotatable bonds is 5. The highest BCUT2D eigenvalue weighted by Crippen LogP contribution is 1.95. The van der Waals surface area contributed by atoms with Gasteiger partial charge in [-0.2, -0.15) is 0 Å². The van der Waals surface area contributed by atoms with Gasteiger partial charge >= 0.3 is 0 Å². The number of oxazole rings is 1. The third kappa shape index (κ3) is 3.50. The van der Waals surface area contributed by atoms with Gasteiger partial charge in [0.15, 0.2) is 6.39 Å². The van der Waals surface area contributed by atoms with E-state index < -0.39 is 0 Å². The first-order valence-corrected chi connectivity index (χ1v) is 4.05. The Morgan fingerprint density at radius 1 is 1.75 bits per heavy atom. The standard InChI is InChI=1S/C8H14N2O2/c1-7(11)2-3-9-4-8-5-10-6-12-8/h5-7,9,11H,2-4H2,1H3. The number of aliphatic hydroxyl groups excluding tert-OH is 1. The maximum atomic E-state index is 8.93. The van der Waals surface area contributed by atoms with E-state index in [1.54, 1.807) is 13.1 Å². The van der Waals surface area contributed by atoms with Crippen molar-refractivity contribution in [1.82, 2.24) is 10.3 Å². The average molecular weight is 170 g/mol. The molecule has 1 aromatic heterocycles. The second-order valence-corrected chi connectivity index (χ2v) is 2.78. The summed E-state index contributed by atoms with van der Waals surface area (Å²) in [6.45, 7) is 3.24. The summed E-state index contributed by atoms with van der Waals surface area (Å²) in [5.74, 6) is 0.820. The van der Waals surface area contributed by atoms with Crippen LogP contribution in [0.2, 0.25) is 0 Å². The molecule has 0 amide bonds. The summed E-state index contributed by atoms with van der Waals surface area (Å²) >= 11 is 0. The first-order chi connectivity index (χ1) is 5.79. The predicted molar refractivity (Wildman–Crippen MR) is 44.5 cm³/mol. The quantitative estimate of drug-likeness (QED) is 0.633. The highest BCUT2D eigenvalue weighted by molar-refractivity contribution is 4.86. The Labute approximate surface area is 71.6 Å². The van der Waals surface area contributed by atoms with Gasteiger partial charge in [0.1, 0.15) is 5.76 Å². The lowest BCUT2D eigenvalue weighted by atomic mass is 10.3. The molecule has 0 aliphatic rings. The summed E-state index contributed by atoms with van der Waals surface area (Å²) in [7, 11) is 0. The van der Waals surface area contributed by atoms with Crippen LogP contribution in [-0.2, 0) is 6.54 Å². The SMILES string of the molecule is CC(O)CCNCc1cnco1. The molecule has 0 aliphatic carbocycles. The van der Waals surface area contributed by atoms with E-state index in [0.717, 1.165) is 18.7 Å². The van der Waals surface area contributed by atoms with Gasteiger partial charge in [-0.25, -0.2) is 4.98 Å². The minimum Gasteiger partial charge on any atom is -0.447 e. The van der Waals surface area contributed by atoms with Crippen LogP contribution in [0.4, 0.5) is 0 Å². The molecule has 2 N–H and O–H groups in total. The summed E-state index contributed by atoms with van der Waals surface area (Å²) in [5.41, 5.74) is 0. The van der Waals surface area contributed by atoms with Crippen LogP contribution < -0.4 is 5.32 Å². The highest BCUT2D eigenvalue weighted by atomic mass is 16.3. The van der Waals surface area contributed by atoms with Gasteiger partial charge in [-0.3, -0.25) is 0 Å². The fraction of sp³-hybridized carbons (Fsp3) is 0.625. The van der Waals surface area contributed by atoms with Crippen molar-refractivity contribution in [3.63, 3.8) is 0 Å². The van der Waals surface area contributed by atoms with Crippen LogP contribution in [-0.4, -0.2) is 22.7 Å². The van der Waals surface area contributed by atoms with Crippen LogP contribution in [0.25, 0.3) is 0 Å². The lowest BCUT2D eigenvalue weighted by Gasteiger charge is -2.03. The average Bonchev–Trinajstić information content (AvgIpc) is 2.49. The summed E-state index contributed by atoms with van der Waals surface area (Å²) in [4.78, 5) is 3.78. The summed E-state index contributed by atoms with van der Waals surface area (Å²) in [6.07, 6.45) is 3.60. The zero-order valence-electron chi connectivity index (χ0n) is 7.16. The summed E-state index contributed by atoms with van der Waals surface area (Å²) in [6, 6.07) is 0. The van der Waals surface area contributed by atoms with Crippen molar-refractivity contribution in [2.45, 2.75) is 26.0 Å². The van der Waals surface area contributed by atoms with Gasteiger partial charge in [-0.05, 0) is 19.9 Å². The molecule has 68 valence electrons. The number of hydrogen-bond acceptors (Lipinski definition) is 4. The maximum Gasteiger partial charge on any atom is 0.180 e. The number of aromatic nitrogens is 1. The molecule has 1 rings (SSSR count). The molecule has 1 atom stereocenters. The lowest BCUT2D eigenvalue weighted by Crippen LogP contribution is -2.18. The summed E-state index contributed by atoms with van der Waals surface area (Å²) < 4.78 is 5.00. The molecule has 0 aliphatic heterocycles. The molecule has 1 heterocycles. The Morgan fingerprint density at radius 3 is 3.17 bits per heavy atom. The Balaban J connectivity index is 2.04. The van der Waals surface area contributed by atoms with Crippen LogP contribution in [0.3, 0.4) is 0 Å². The van der Waals surface area contributed by atoms with Gasteiger partial charge in [-0.1, -0.05) is 0 Å². The molecule has 0 saturated heterocycles. The van der Waals surface area contributed by atoms with Crippen LogP contribution in [0.1, 0.15) is 19.1 Å². The fourth-order valence-electron chi connectivity index (χ4n) is 0.852. The lowest BCUT2D eigenvalue weighted by molar-refractivity contribution is 0.183. The van der Waals surface area contributed by atoms with Gasteiger partial charge in [0.25, 0.3) is 0 Å². The van der Waals surface area contributed by atoms with Crippen molar-refractivity contribution < 1.29 is 9.52 Å². The number of nitrogens with one attached hydrogen (secondary N) is 1. The molecule has 4 heteroatoms. The molecule has 0 saturated carbocycles. The first-order valence-electron chi connectivity index (χ1n) is 4.05. The highest BCUT2D eigenvalue weighted by Gasteiger charge is 1.97. The van der Waals surface area contributed by atoms with Crippen molar-refractivity contribution in [1.29, 1.82) is 0 Å². The van der Waals surface area contributed by atoms with Crippen molar-refractivity contribution in [2.24, 2.45) is 0 Å². The molecule has 0 radical (unpaired) electrons. The monoisotopic (exact) mass is 170 g/mol. The Hall–Kier alpha value is -0.870. The van der Waals surface area contributed by atoms with Gasteiger partial charge in [0, 0.05) is 0 Å². The molecule has 12 heavy (non-hydrogen) atoms. The van der Waals surface area contributed by atoms with Crippen molar-refractivity contribution in [3.8, 4) is 0 Å². The van der Waals surface area contributed by atoms with Crippen LogP contribution in [0.5, 0.6) is 0 Å². The topological polar surface area (TPSA) is 58.3 Å². The van der Waals surface area contributed by atoms with Crippen molar-refractivity contribution in [3.05, 3.63) is 18.4 Å². The smallest absolute Gasteiger partial charge is 0.180 e. The Bertz CT molecular complexity index is 197. The van der Waals surface area contributed by atoms with E-state index in [0.29, 0.717) is 6.54 Å². The van der Waals surface area contributed by atoms with Crippen LogP contribution in [0, 0.1) is 0 Å². The van der Waals surface area contributed by atoms with E-state index in [-0.39, 0.29) is 6.10 Å². The number of aliphatic hydroxyl groups is 1. The maximum absolute atomic E-state index is 8.93. The van der Waals surface area contributed by atoms with E-state index >= 15 is 0 Å². The molecular formula is C8H14N2O2. The first kappa shape index (κ1) is 9.22. The van der Waals surface area contributed by atoms with Gasteiger partial charge < -0.3 is 14.8 Å². The minimum absolute atomic E-state index is 0.243. The van der Waals surface area contributed by atoms with Crippen molar-refractivity contribution in [2.75, 3.05) is 6.54 Å².